The molecule has 0 N–H and O–H groups in total. The monoisotopic (exact) mass is 271 g/mol. The number of pyridine rings is 1. The minimum atomic E-state index is -3.35. The van der Waals surface area contributed by atoms with Crippen molar-refractivity contribution in [3.63, 3.8) is 0 Å². The third-order valence-electron chi connectivity index (χ3n) is 1.82. The van der Waals surface area contributed by atoms with Gasteiger partial charge < -0.3 is 4.90 Å². The average molecular weight is 271 g/mol. The molecule has 0 saturated carbocycles. The van der Waals surface area contributed by atoms with Crippen LogP contribution in [0.3, 0.4) is 0 Å². The van der Waals surface area contributed by atoms with Crippen LogP contribution in [0.25, 0.3) is 0 Å². The highest BCUT2D eigenvalue weighted by Gasteiger charge is 2.15. The number of hydrogen-bond acceptors (Lipinski definition) is 4. The molecule has 1 aromatic heterocycles. The van der Waals surface area contributed by atoms with E-state index in [0.29, 0.717) is 5.56 Å². The van der Waals surface area contributed by atoms with Crippen LogP contribution in [0.1, 0.15) is 5.56 Å². The van der Waals surface area contributed by atoms with Crippen molar-refractivity contribution >= 4 is 33.4 Å². The second kappa shape index (κ2) is 5.33. The molecule has 0 saturated heterocycles. The minimum absolute atomic E-state index is 0.0981. The van der Waals surface area contributed by atoms with E-state index in [1.54, 1.807) is 25.1 Å². The van der Waals surface area contributed by atoms with Crippen molar-refractivity contribution in [3.05, 3.63) is 24.0 Å². The summed E-state index contributed by atoms with van der Waals surface area (Å²) in [5.41, 5.74) is 0.399. The molecule has 5 nitrogen and oxygen atoms in total. The van der Waals surface area contributed by atoms with Crippen LogP contribution >= 0.6 is 12.2 Å². The molecule has 1 rings (SSSR count). The van der Waals surface area contributed by atoms with Gasteiger partial charge in [0.2, 0.25) is 0 Å². The Morgan fingerprint density at radius 1 is 1.53 bits per heavy atom. The summed E-state index contributed by atoms with van der Waals surface area (Å²) >= 11 is 5.08. The van der Waals surface area contributed by atoms with Crippen molar-refractivity contribution < 1.29 is 8.42 Å². The molecule has 0 aromatic carbocycles. The highest BCUT2D eigenvalue weighted by atomic mass is 32.2. The summed E-state index contributed by atoms with van der Waals surface area (Å²) in [6.45, 7) is 0. The quantitative estimate of drug-likeness (QED) is 0.461. The molecule has 0 unspecified atom stereocenters. The maximum absolute atomic E-state index is 11.5. The van der Waals surface area contributed by atoms with E-state index >= 15 is 0 Å². The van der Waals surface area contributed by atoms with E-state index in [1.165, 1.54) is 18.7 Å². The van der Waals surface area contributed by atoms with Gasteiger partial charge in [-0.1, -0.05) is 12.2 Å². The zero-order valence-electron chi connectivity index (χ0n) is 9.78. The summed E-state index contributed by atoms with van der Waals surface area (Å²) in [7, 11) is 0.249. The molecule has 0 aliphatic carbocycles. The maximum atomic E-state index is 11.5. The van der Waals surface area contributed by atoms with Gasteiger partial charge in [-0.25, -0.2) is 13.4 Å². The van der Waals surface area contributed by atoms with Crippen molar-refractivity contribution in [3.8, 4) is 0 Å². The molecule has 1 heterocycles. The average Bonchev–Trinajstić information content (AvgIpc) is 2.24. The molecule has 17 heavy (non-hydrogen) atoms. The number of hydrogen-bond donors (Lipinski definition) is 0. The number of aromatic nitrogens is 1. The van der Waals surface area contributed by atoms with Gasteiger partial charge in [0.1, 0.15) is 4.99 Å². The molecule has 0 radical (unpaired) electrons. The van der Waals surface area contributed by atoms with Gasteiger partial charge in [-0.3, -0.25) is 4.98 Å². The molecule has 0 atom stereocenters. The molecule has 7 heteroatoms. The summed E-state index contributed by atoms with van der Waals surface area (Å²) in [6, 6.07) is 1.55. The van der Waals surface area contributed by atoms with E-state index in [9.17, 15) is 8.42 Å². The van der Waals surface area contributed by atoms with Gasteiger partial charge in [-0.05, 0) is 6.07 Å². The van der Waals surface area contributed by atoms with E-state index in [4.69, 9.17) is 12.2 Å². The van der Waals surface area contributed by atoms with Gasteiger partial charge in [0.05, 0.1) is 11.2 Å². The lowest BCUT2D eigenvalue weighted by atomic mass is 10.3. The van der Waals surface area contributed by atoms with Gasteiger partial charge in [-0.15, -0.1) is 0 Å². The summed E-state index contributed by atoms with van der Waals surface area (Å²) < 4.78 is 23.1. The van der Waals surface area contributed by atoms with Gasteiger partial charge >= 0.3 is 0 Å². The lowest BCUT2D eigenvalue weighted by molar-refractivity contribution is 0.601. The fourth-order valence-electron chi connectivity index (χ4n) is 1.09. The maximum Gasteiger partial charge on any atom is 0.177 e. The van der Waals surface area contributed by atoms with Gasteiger partial charge in [0.25, 0.3) is 0 Å². The molecule has 0 amide bonds. The van der Waals surface area contributed by atoms with E-state index in [-0.39, 0.29) is 9.88 Å². The first kappa shape index (κ1) is 13.7. The number of nitrogens with zero attached hydrogens (tertiary/aromatic N) is 3. The molecule has 0 aliphatic rings. The summed E-state index contributed by atoms with van der Waals surface area (Å²) in [5.74, 6) is 0. The van der Waals surface area contributed by atoms with Crippen LogP contribution in [0.5, 0.6) is 0 Å². The Hall–Kier alpha value is -1.34. The number of rotatable bonds is 3. The van der Waals surface area contributed by atoms with Crippen LogP contribution in [0.15, 0.2) is 28.3 Å². The molecule has 0 aliphatic heterocycles. The first-order chi connectivity index (χ1) is 7.82. The first-order valence-corrected chi connectivity index (χ1v) is 7.01. The van der Waals surface area contributed by atoms with Crippen LogP contribution in [0, 0.1) is 0 Å². The van der Waals surface area contributed by atoms with Crippen molar-refractivity contribution in [2.75, 3.05) is 20.4 Å². The third-order valence-corrected chi connectivity index (χ3v) is 3.27. The minimum Gasteiger partial charge on any atom is -0.369 e. The Labute approximate surface area is 106 Å². The first-order valence-electron chi connectivity index (χ1n) is 4.71. The Bertz CT molecular complexity index is 550. The van der Waals surface area contributed by atoms with Crippen LogP contribution in [-0.4, -0.2) is 50.0 Å². The standard InChI is InChI=1S/C10H13N3O2S2/c1-13(2)7-12-10(16)8-4-5-11-6-9(8)17(3,14)15/h4-7H,1-3H3/b12-7+. The Balaban J connectivity index is 3.20. The van der Waals surface area contributed by atoms with Crippen LogP contribution in [-0.2, 0) is 9.84 Å². The predicted octanol–water partition coefficient (Wildman–Crippen LogP) is 0.751. The van der Waals surface area contributed by atoms with Crippen LogP contribution in [0.4, 0.5) is 0 Å². The molecule has 0 spiro atoms. The smallest absolute Gasteiger partial charge is 0.177 e. The normalized spacial score (nSPS) is 11.7. The van der Waals surface area contributed by atoms with Gasteiger partial charge in [0.15, 0.2) is 9.84 Å². The highest BCUT2D eigenvalue weighted by molar-refractivity contribution is 7.91. The lowest BCUT2D eigenvalue weighted by Crippen LogP contribution is -2.11. The largest absolute Gasteiger partial charge is 0.369 e. The van der Waals surface area contributed by atoms with Gasteiger partial charge in [0, 0.05) is 38.3 Å². The van der Waals surface area contributed by atoms with E-state index < -0.39 is 9.84 Å². The summed E-state index contributed by atoms with van der Waals surface area (Å²) in [4.78, 5) is 9.83. The molecule has 0 bridgehead atoms. The summed E-state index contributed by atoms with van der Waals surface area (Å²) in [5, 5.41) is 0. The SMILES string of the molecule is CN(C)/C=N/C(=S)c1ccncc1S(C)(=O)=O. The second-order valence-electron chi connectivity index (χ2n) is 3.66. The van der Waals surface area contributed by atoms with Crippen molar-refractivity contribution in [1.82, 2.24) is 9.88 Å². The topological polar surface area (TPSA) is 62.6 Å². The Kier molecular flexibility index (Phi) is 4.30. The van der Waals surface area contributed by atoms with Crippen LogP contribution < -0.4 is 0 Å². The number of thiocarbonyl (C=S) groups is 1. The predicted molar refractivity (Wildman–Crippen MR) is 71.2 cm³/mol. The zero-order valence-corrected chi connectivity index (χ0v) is 11.4. The van der Waals surface area contributed by atoms with Gasteiger partial charge in [-0.2, -0.15) is 0 Å². The van der Waals surface area contributed by atoms with Crippen molar-refractivity contribution in [2.24, 2.45) is 4.99 Å². The molecule has 1 aromatic rings. The number of sulfone groups is 1. The zero-order chi connectivity index (χ0) is 13.1. The fraction of sp³-hybridized carbons (Fsp3) is 0.300. The third kappa shape index (κ3) is 3.86. The van der Waals surface area contributed by atoms with E-state index in [1.807, 2.05) is 0 Å². The van der Waals surface area contributed by atoms with E-state index in [2.05, 4.69) is 9.98 Å². The lowest BCUT2D eigenvalue weighted by Gasteiger charge is -2.06. The molecule has 0 fully saturated rings. The molecule has 92 valence electrons. The Morgan fingerprint density at radius 3 is 2.71 bits per heavy atom. The molecular weight excluding hydrogens is 258 g/mol. The second-order valence-corrected chi connectivity index (χ2v) is 6.03. The fourth-order valence-corrected chi connectivity index (χ4v) is 2.20. The van der Waals surface area contributed by atoms with Crippen molar-refractivity contribution in [1.29, 1.82) is 0 Å². The van der Waals surface area contributed by atoms with Crippen LogP contribution in [0.2, 0.25) is 0 Å². The summed E-state index contributed by atoms with van der Waals surface area (Å²) in [6.07, 6.45) is 5.41. The van der Waals surface area contributed by atoms with E-state index in [0.717, 1.165) is 6.26 Å². The van der Waals surface area contributed by atoms with Crippen molar-refractivity contribution in [2.45, 2.75) is 4.90 Å². The Morgan fingerprint density at radius 2 is 2.18 bits per heavy atom. The highest BCUT2D eigenvalue weighted by Crippen LogP contribution is 2.15. The molecular formula is C10H13N3O2S2. The number of aliphatic imine (C=N–C) groups is 1.